The van der Waals surface area contributed by atoms with E-state index >= 15 is 0 Å². The predicted molar refractivity (Wildman–Crippen MR) is 114 cm³/mol. The lowest BCUT2D eigenvalue weighted by Gasteiger charge is -2.07. The number of benzene rings is 1. The fourth-order valence-electron chi connectivity index (χ4n) is 2.40. The number of rotatable bonds is 14. The van der Waals surface area contributed by atoms with E-state index in [4.69, 9.17) is 32.7 Å². The zero-order valence-electron chi connectivity index (χ0n) is 17.6. The second-order valence-corrected chi connectivity index (χ2v) is 7.67. The van der Waals surface area contributed by atoms with Crippen molar-refractivity contribution in [2.24, 2.45) is 5.14 Å². The number of unbranched alkanes of at least 4 members (excludes halogenated alkanes) is 6. The highest BCUT2D eigenvalue weighted by Gasteiger charge is 2.12. The summed E-state index contributed by atoms with van der Waals surface area (Å²) in [6.45, 7) is 1.02. The van der Waals surface area contributed by atoms with Gasteiger partial charge < -0.3 is 19.7 Å². The van der Waals surface area contributed by atoms with Gasteiger partial charge in [-0.2, -0.15) is 8.42 Å². The molecule has 0 heterocycles. The number of carbonyl (C=O) groups is 2. The number of aliphatic hydroxyl groups excluding tert-OH is 2. The van der Waals surface area contributed by atoms with Gasteiger partial charge in [0, 0.05) is 13.2 Å². The molecule has 0 atom stereocenters. The molecule has 0 aliphatic rings. The molecule has 0 fully saturated rings. The van der Waals surface area contributed by atoms with Crippen LogP contribution in [0, 0.1) is 0 Å². The van der Waals surface area contributed by atoms with Crippen molar-refractivity contribution in [3.63, 3.8) is 0 Å². The van der Waals surface area contributed by atoms with Crippen LogP contribution in [0.2, 0.25) is 0 Å². The van der Waals surface area contributed by atoms with Crippen LogP contribution in [0.1, 0.15) is 72.1 Å². The highest BCUT2D eigenvalue weighted by Crippen LogP contribution is 2.10. The molecular formula is C20H33NO9S. The first-order valence-electron chi connectivity index (χ1n) is 10.1. The highest BCUT2D eigenvalue weighted by molar-refractivity contribution is 7.83. The quantitative estimate of drug-likeness (QED) is 0.182. The Morgan fingerprint density at radius 2 is 1.13 bits per heavy atom. The second kappa shape index (κ2) is 17.6. The summed E-state index contributed by atoms with van der Waals surface area (Å²) in [5, 5.41) is 21.3. The average Bonchev–Trinajstić information content (AvgIpc) is 2.71. The summed E-state index contributed by atoms with van der Waals surface area (Å²) >= 11 is 0. The van der Waals surface area contributed by atoms with Gasteiger partial charge in [-0.05, 0) is 56.7 Å². The van der Waals surface area contributed by atoms with Crippen LogP contribution in [0.4, 0.5) is 0 Å². The van der Waals surface area contributed by atoms with Gasteiger partial charge in [-0.1, -0.05) is 18.9 Å². The summed E-state index contributed by atoms with van der Waals surface area (Å²) in [7, 11) is -4.17. The van der Waals surface area contributed by atoms with E-state index < -0.39 is 22.2 Å². The van der Waals surface area contributed by atoms with Gasteiger partial charge in [0.15, 0.2) is 0 Å². The fraction of sp³-hybridized carbons (Fsp3) is 0.600. The van der Waals surface area contributed by atoms with E-state index in [0.717, 1.165) is 51.4 Å². The van der Waals surface area contributed by atoms with Crippen molar-refractivity contribution in [3.8, 4) is 0 Å². The van der Waals surface area contributed by atoms with Crippen molar-refractivity contribution < 1.29 is 42.2 Å². The van der Waals surface area contributed by atoms with Gasteiger partial charge in [0.1, 0.15) is 0 Å². The zero-order valence-corrected chi connectivity index (χ0v) is 18.4. The molecule has 0 radical (unpaired) electrons. The molecule has 1 aromatic rings. The maximum absolute atomic E-state index is 12.0. The van der Waals surface area contributed by atoms with Gasteiger partial charge in [-0.25, -0.2) is 14.7 Å². The Bertz CT molecular complexity index is 687. The molecule has 0 spiro atoms. The molecule has 0 aliphatic carbocycles. The topological polar surface area (TPSA) is 173 Å². The highest BCUT2D eigenvalue weighted by atomic mass is 32.2. The van der Waals surface area contributed by atoms with E-state index in [1.54, 1.807) is 18.2 Å². The normalized spacial score (nSPS) is 10.7. The number of carbonyl (C=O) groups excluding carboxylic acids is 2. The lowest BCUT2D eigenvalue weighted by molar-refractivity contribution is 0.0495. The minimum atomic E-state index is -4.17. The molecule has 31 heavy (non-hydrogen) atoms. The minimum Gasteiger partial charge on any atom is -0.462 e. The van der Waals surface area contributed by atoms with Crippen molar-refractivity contribution >= 4 is 22.2 Å². The lowest BCUT2D eigenvalue weighted by atomic mass is 10.1. The smallest absolute Gasteiger partial charge is 0.338 e. The predicted octanol–water partition coefficient (Wildman–Crippen LogP) is 1.85. The Hall–Kier alpha value is -2.05. The van der Waals surface area contributed by atoms with E-state index in [9.17, 15) is 9.59 Å². The van der Waals surface area contributed by atoms with Crippen LogP contribution in [-0.4, -0.2) is 61.5 Å². The van der Waals surface area contributed by atoms with Crippen molar-refractivity contribution in [3.05, 3.63) is 35.4 Å². The van der Waals surface area contributed by atoms with Crippen LogP contribution in [0.3, 0.4) is 0 Å². The van der Waals surface area contributed by atoms with E-state index in [2.05, 4.69) is 5.14 Å². The SMILES string of the molecule is NS(=O)(=O)O.O=C(OCCCCCCO)c1cccc(C(=O)OCCCCCCO)c1. The Kier molecular flexibility index (Phi) is 16.4. The third kappa shape index (κ3) is 18.4. The lowest BCUT2D eigenvalue weighted by Crippen LogP contribution is -2.10. The van der Waals surface area contributed by atoms with Gasteiger partial charge in [-0.15, -0.1) is 0 Å². The molecule has 1 aromatic carbocycles. The second-order valence-electron chi connectivity index (χ2n) is 6.64. The number of ether oxygens (including phenoxy) is 2. The molecule has 5 N–H and O–H groups in total. The van der Waals surface area contributed by atoms with E-state index in [1.165, 1.54) is 6.07 Å². The first kappa shape index (κ1) is 28.9. The van der Waals surface area contributed by atoms with Crippen molar-refractivity contribution in [1.82, 2.24) is 0 Å². The summed E-state index contributed by atoms with van der Waals surface area (Å²) in [5.74, 6) is -0.906. The third-order valence-electron chi connectivity index (χ3n) is 3.91. The molecule has 0 aromatic heterocycles. The van der Waals surface area contributed by atoms with Crippen molar-refractivity contribution in [2.75, 3.05) is 26.4 Å². The molecule has 178 valence electrons. The molecule has 0 saturated heterocycles. The zero-order chi connectivity index (χ0) is 23.5. The third-order valence-corrected chi connectivity index (χ3v) is 3.91. The van der Waals surface area contributed by atoms with Gasteiger partial charge in [0.25, 0.3) is 0 Å². The molecule has 0 amide bonds. The van der Waals surface area contributed by atoms with Crippen LogP contribution in [0.15, 0.2) is 24.3 Å². The molecule has 0 saturated carbocycles. The van der Waals surface area contributed by atoms with Gasteiger partial charge >= 0.3 is 22.2 Å². The van der Waals surface area contributed by atoms with Gasteiger partial charge in [0.05, 0.1) is 24.3 Å². The van der Waals surface area contributed by atoms with Gasteiger partial charge in [-0.3, -0.25) is 4.55 Å². The first-order chi connectivity index (χ1) is 14.7. The standard InChI is InChI=1S/C20H30O6.H3NO3S/c21-12-5-1-3-7-14-25-19(23)17-10-9-11-18(16-17)20(24)26-15-8-4-2-6-13-22;1-5(2,3)4/h9-11,16,21-22H,1-8,12-15H2;(H3,1,2,3,4). The van der Waals surface area contributed by atoms with Crippen LogP contribution in [-0.2, 0) is 19.8 Å². The fourth-order valence-corrected chi connectivity index (χ4v) is 2.40. The molecule has 1 rings (SSSR count). The number of esters is 2. The Balaban J connectivity index is 0.00000161. The molecule has 0 unspecified atom stereocenters. The monoisotopic (exact) mass is 463 g/mol. The van der Waals surface area contributed by atoms with Crippen molar-refractivity contribution in [2.45, 2.75) is 51.4 Å². The summed E-state index contributed by atoms with van der Waals surface area (Å²) in [5.41, 5.74) is 0.663. The van der Waals surface area contributed by atoms with Gasteiger partial charge in [0.2, 0.25) is 0 Å². The Morgan fingerprint density at radius 3 is 1.48 bits per heavy atom. The summed E-state index contributed by atoms with van der Waals surface area (Å²) in [6.07, 6.45) is 6.66. The molecule has 0 aliphatic heterocycles. The minimum absolute atomic E-state index is 0.186. The average molecular weight is 464 g/mol. The molecular weight excluding hydrogens is 430 g/mol. The maximum atomic E-state index is 12.0. The van der Waals surface area contributed by atoms with E-state index in [-0.39, 0.29) is 13.2 Å². The van der Waals surface area contributed by atoms with E-state index in [1.807, 2.05) is 0 Å². The Labute approximate surface area is 183 Å². The van der Waals surface area contributed by atoms with Crippen LogP contribution >= 0.6 is 0 Å². The van der Waals surface area contributed by atoms with E-state index in [0.29, 0.717) is 24.3 Å². The molecule has 10 nitrogen and oxygen atoms in total. The maximum Gasteiger partial charge on any atom is 0.338 e. The number of hydrogen-bond acceptors (Lipinski definition) is 8. The molecule has 0 bridgehead atoms. The van der Waals surface area contributed by atoms with Crippen LogP contribution < -0.4 is 5.14 Å². The molecule has 11 heteroatoms. The number of aliphatic hydroxyl groups is 2. The Morgan fingerprint density at radius 1 is 0.774 bits per heavy atom. The van der Waals surface area contributed by atoms with Crippen molar-refractivity contribution in [1.29, 1.82) is 0 Å². The summed E-state index contributed by atoms with van der Waals surface area (Å²) < 4.78 is 35.6. The first-order valence-corrected chi connectivity index (χ1v) is 11.6. The van der Waals surface area contributed by atoms with Crippen LogP contribution in [0.5, 0.6) is 0 Å². The van der Waals surface area contributed by atoms with Crippen LogP contribution in [0.25, 0.3) is 0 Å². The summed E-state index contributed by atoms with van der Waals surface area (Å²) in [4.78, 5) is 24.1. The largest absolute Gasteiger partial charge is 0.462 e. The number of nitrogens with two attached hydrogens (primary N) is 1. The summed E-state index contributed by atoms with van der Waals surface area (Å²) in [6, 6.07) is 6.34. The number of hydrogen-bond donors (Lipinski definition) is 4.